The van der Waals surface area contributed by atoms with Gasteiger partial charge in [0.05, 0.1) is 6.61 Å². The number of rotatable bonds is 7. The Balaban J connectivity index is 0.000000516. The van der Waals surface area contributed by atoms with Gasteiger partial charge >= 0.3 is 18.1 Å². The number of likely N-dealkylation sites (tertiary alicyclic amines) is 1. The number of halogens is 3. The van der Waals surface area contributed by atoms with Gasteiger partial charge in [0, 0.05) is 25.1 Å². The van der Waals surface area contributed by atoms with Gasteiger partial charge in [-0.3, -0.25) is 9.69 Å². The van der Waals surface area contributed by atoms with Crippen LogP contribution < -0.4 is 4.74 Å². The summed E-state index contributed by atoms with van der Waals surface area (Å²) < 4.78 is 37.6. The molecule has 1 aromatic carbocycles. The predicted molar refractivity (Wildman–Crippen MR) is 101 cm³/mol. The molecule has 1 aromatic rings. The maximum atomic E-state index is 10.9. The first kappa shape index (κ1) is 24.7. The van der Waals surface area contributed by atoms with Crippen LogP contribution in [0.3, 0.4) is 0 Å². The van der Waals surface area contributed by atoms with Crippen molar-refractivity contribution in [1.82, 2.24) is 4.90 Å². The third-order valence-electron chi connectivity index (χ3n) is 4.25. The summed E-state index contributed by atoms with van der Waals surface area (Å²) in [5, 5.41) is 16.1. The van der Waals surface area contributed by atoms with Crippen molar-refractivity contribution in [2.24, 2.45) is 11.8 Å². The second kappa shape index (κ2) is 11.6. The summed E-state index contributed by atoms with van der Waals surface area (Å²) >= 11 is 0. The number of hydrogen-bond acceptors (Lipinski definition) is 4. The minimum Gasteiger partial charge on any atom is -0.493 e. The molecule has 1 heterocycles. The second-order valence-electron chi connectivity index (χ2n) is 7.46. The van der Waals surface area contributed by atoms with E-state index in [1.165, 1.54) is 5.56 Å². The van der Waals surface area contributed by atoms with Crippen molar-refractivity contribution in [3.8, 4) is 5.75 Å². The van der Waals surface area contributed by atoms with E-state index in [1.807, 2.05) is 18.2 Å². The van der Waals surface area contributed by atoms with Crippen LogP contribution in [-0.4, -0.2) is 52.9 Å². The number of benzene rings is 1. The van der Waals surface area contributed by atoms with E-state index in [0.29, 0.717) is 5.92 Å². The average molecular weight is 419 g/mol. The molecule has 29 heavy (non-hydrogen) atoms. The molecule has 0 saturated carbocycles. The lowest BCUT2D eigenvalue weighted by Crippen LogP contribution is -2.35. The first-order chi connectivity index (χ1) is 13.5. The van der Waals surface area contributed by atoms with Gasteiger partial charge in [0.15, 0.2) is 0 Å². The number of carboxylic acids is 2. The van der Waals surface area contributed by atoms with Gasteiger partial charge in [0.2, 0.25) is 0 Å². The SMILES string of the molecule is CC(C)COc1ccccc1CN1CCCC(CC(=O)O)C1.O=C(O)C(F)(F)F. The molecule has 0 bridgehead atoms. The molecule has 164 valence electrons. The molecule has 1 aliphatic heterocycles. The Bertz CT molecular complexity index is 664. The minimum atomic E-state index is -5.08. The molecule has 1 fully saturated rings. The number of hydrogen-bond donors (Lipinski definition) is 2. The quantitative estimate of drug-likeness (QED) is 0.694. The largest absolute Gasteiger partial charge is 0.493 e. The van der Waals surface area contributed by atoms with Crippen molar-refractivity contribution in [2.75, 3.05) is 19.7 Å². The molecular formula is C20H28F3NO5. The van der Waals surface area contributed by atoms with E-state index in [1.54, 1.807) is 0 Å². The van der Waals surface area contributed by atoms with Gasteiger partial charge in [-0.2, -0.15) is 13.2 Å². The van der Waals surface area contributed by atoms with Gasteiger partial charge in [-0.25, -0.2) is 4.79 Å². The Kier molecular flexibility index (Phi) is 9.94. The van der Waals surface area contributed by atoms with Crippen LogP contribution in [-0.2, 0) is 16.1 Å². The third-order valence-corrected chi connectivity index (χ3v) is 4.25. The van der Waals surface area contributed by atoms with E-state index in [-0.39, 0.29) is 12.3 Å². The zero-order valence-electron chi connectivity index (χ0n) is 16.6. The standard InChI is InChI=1S/C18H27NO3.C2HF3O2/c1-14(2)13-22-17-8-4-3-7-16(17)12-19-9-5-6-15(11-19)10-18(20)21;3-2(4,5)1(6)7/h3-4,7-8,14-15H,5-6,9-13H2,1-2H3,(H,20,21);(H,6,7). The summed E-state index contributed by atoms with van der Waals surface area (Å²) in [6.45, 7) is 7.75. The molecule has 0 spiro atoms. The highest BCUT2D eigenvalue weighted by molar-refractivity contribution is 5.73. The third kappa shape index (κ3) is 10.2. The molecule has 6 nitrogen and oxygen atoms in total. The molecule has 1 aliphatic rings. The van der Waals surface area contributed by atoms with Crippen LogP contribution in [0.4, 0.5) is 13.2 Å². The van der Waals surface area contributed by atoms with Crippen molar-refractivity contribution in [2.45, 2.75) is 45.8 Å². The van der Waals surface area contributed by atoms with E-state index < -0.39 is 18.1 Å². The smallest absolute Gasteiger partial charge is 0.490 e. The van der Waals surface area contributed by atoms with E-state index in [2.05, 4.69) is 24.8 Å². The second-order valence-corrected chi connectivity index (χ2v) is 7.46. The summed E-state index contributed by atoms with van der Waals surface area (Å²) in [4.78, 5) is 22.1. The average Bonchev–Trinajstić information content (AvgIpc) is 2.60. The lowest BCUT2D eigenvalue weighted by Gasteiger charge is -2.32. The maximum absolute atomic E-state index is 10.9. The number of piperidine rings is 1. The lowest BCUT2D eigenvalue weighted by molar-refractivity contribution is -0.192. The molecule has 0 aliphatic carbocycles. The number of para-hydroxylation sites is 1. The molecule has 0 amide bonds. The molecule has 2 rings (SSSR count). The summed E-state index contributed by atoms with van der Waals surface area (Å²) in [7, 11) is 0. The van der Waals surface area contributed by atoms with E-state index >= 15 is 0 Å². The van der Waals surface area contributed by atoms with Crippen molar-refractivity contribution in [1.29, 1.82) is 0 Å². The predicted octanol–water partition coefficient (Wildman–Crippen LogP) is 4.04. The van der Waals surface area contributed by atoms with Gasteiger partial charge in [-0.1, -0.05) is 32.0 Å². The first-order valence-electron chi connectivity index (χ1n) is 9.44. The van der Waals surface area contributed by atoms with Gasteiger partial charge in [0.1, 0.15) is 5.75 Å². The van der Waals surface area contributed by atoms with Gasteiger partial charge in [0.25, 0.3) is 0 Å². The highest BCUT2D eigenvalue weighted by Gasteiger charge is 2.38. The Morgan fingerprint density at radius 2 is 1.86 bits per heavy atom. The summed E-state index contributed by atoms with van der Waals surface area (Å²) in [5.74, 6) is -1.71. The molecule has 9 heteroatoms. The molecule has 1 unspecified atom stereocenters. The Labute approximate surface area is 168 Å². The molecule has 1 atom stereocenters. The molecule has 1 saturated heterocycles. The van der Waals surface area contributed by atoms with Crippen LogP contribution in [0.15, 0.2) is 24.3 Å². The van der Waals surface area contributed by atoms with E-state index in [4.69, 9.17) is 19.7 Å². The van der Waals surface area contributed by atoms with Crippen molar-refractivity contribution < 1.29 is 37.7 Å². The van der Waals surface area contributed by atoms with Gasteiger partial charge in [-0.15, -0.1) is 0 Å². The Morgan fingerprint density at radius 3 is 2.41 bits per heavy atom. The first-order valence-corrected chi connectivity index (χ1v) is 9.44. The number of ether oxygens (including phenoxy) is 1. The summed E-state index contributed by atoms with van der Waals surface area (Å²) in [5.41, 5.74) is 1.19. The number of carbonyl (C=O) groups is 2. The molecule has 0 aromatic heterocycles. The van der Waals surface area contributed by atoms with Crippen LogP contribution in [0.25, 0.3) is 0 Å². The van der Waals surface area contributed by atoms with Crippen molar-refractivity contribution in [3.63, 3.8) is 0 Å². The van der Waals surface area contributed by atoms with Gasteiger partial charge in [-0.05, 0) is 37.3 Å². The highest BCUT2D eigenvalue weighted by Crippen LogP contribution is 2.25. The summed E-state index contributed by atoms with van der Waals surface area (Å²) in [6, 6.07) is 8.17. The van der Waals surface area contributed by atoms with Gasteiger partial charge < -0.3 is 14.9 Å². The Morgan fingerprint density at radius 1 is 1.24 bits per heavy atom. The van der Waals surface area contributed by atoms with Crippen molar-refractivity contribution >= 4 is 11.9 Å². The lowest BCUT2D eigenvalue weighted by atomic mass is 9.94. The van der Waals surface area contributed by atoms with E-state index in [0.717, 1.165) is 44.8 Å². The summed E-state index contributed by atoms with van der Waals surface area (Å²) in [6.07, 6.45) is -2.71. The molecular weight excluding hydrogens is 391 g/mol. The molecule has 0 radical (unpaired) electrons. The van der Waals surface area contributed by atoms with Crippen LogP contribution in [0.1, 0.15) is 38.7 Å². The van der Waals surface area contributed by atoms with Crippen LogP contribution in [0.2, 0.25) is 0 Å². The fraction of sp³-hybridized carbons (Fsp3) is 0.600. The fourth-order valence-electron chi connectivity index (χ4n) is 2.98. The fourth-order valence-corrected chi connectivity index (χ4v) is 2.98. The van der Waals surface area contributed by atoms with E-state index in [9.17, 15) is 18.0 Å². The Hall–Kier alpha value is -2.29. The topological polar surface area (TPSA) is 87.1 Å². The number of alkyl halides is 3. The zero-order chi connectivity index (χ0) is 22.0. The number of aliphatic carboxylic acids is 2. The van der Waals surface area contributed by atoms with Crippen LogP contribution >= 0.6 is 0 Å². The van der Waals surface area contributed by atoms with Crippen molar-refractivity contribution in [3.05, 3.63) is 29.8 Å². The number of nitrogens with zero attached hydrogens (tertiary/aromatic N) is 1. The normalized spacial score (nSPS) is 17.4. The highest BCUT2D eigenvalue weighted by atomic mass is 19.4. The zero-order valence-corrected chi connectivity index (χ0v) is 16.6. The monoisotopic (exact) mass is 419 g/mol. The maximum Gasteiger partial charge on any atom is 0.490 e. The minimum absolute atomic E-state index is 0.273. The number of carboxylic acid groups (broad SMARTS) is 2. The van der Waals surface area contributed by atoms with Crippen LogP contribution in [0.5, 0.6) is 5.75 Å². The molecule has 2 N–H and O–H groups in total. The van der Waals surface area contributed by atoms with Crippen LogP contribution in [0, 0.1) is 11.8 Å².